The van der Waals surface area contributed by atoms with Gasteiger partial charge in [-0.1, -0.05) is 18.9 Å². The van der Waals surface area contributed by atoms with E-state index < -0.39 is 16.7 Å². The van der Waals surface area contributed by atoms with Crippen LogP contribution >= 0.6 is 0 Å². The number of hydrogen-bond acceptors (Lipinski definition) is 4. The van der Waals surface area contributed by atoms with Crippen LogP contribution < -0.4 is 0 Å². The lowest BCUT2D eigenvalue weighted by Gasteiger charge is -2.10. The Hall–Kier alpha value is -2.24. The molecule has 100 valence electrons. The number of carboxylic acid groups (broad SMARTS) is 1. The van der Waals surface area contributed by atoms with Crippen molar-refractivity contribution in [2.24, 2.45) is 0 Å². The van der Waals surface area contributed by atoms with Crippen LogP contribution in [-0.2, 0) is 4.79 Å². The number of nitro benzene ring substituents is 1. The molecule has 1 aliphatic rings. The van der Waals surface area contributed by atoms with E-state index in [0.29, 0.717) is 5.56 Å². The van der Waals surface area contributed by atoms with Gasteiger partial charge in [0.1, 0.15) is 0 Å². The number of hydrogen-bond donors (Lipinski definition) is 1. The largest absolute Gasteiger partial charge is 0.475 e. The Balaban J connectivity index is 2.43. The highest BCUT2D eigenvalue weighted by molar-refractivity contribution is 6.39. The second kappa shape index (κ2) is 5.17. The van der Waals surface area contributed by atoms with Crippen molar-refractivity contribution in [3.63, 3.8) is 0 Å². The molecular weight excluding hydrogens is 250 g/mol. The Morgan fingerprint density at radius 3 is 2.42 bits per heavy atom. The molecule has 0 radical (unpaired) electrons. The number of carbonyl (C=O) groups is 2. The summed E-state index contributed by atoms with van der Waals surface area (Å²) in [5, 5.41) is 19.7. The number of aliphatic carboxylic acids is 1. The Morgan fingerprint density at radius 1 is 1.26 bits per heavy atom. The minimum Gasteiger partial charge on any atom is -0.475 e. The van der Waals surface area contributed by atoms with Gasteiger partial charge in [0.05, 0.1) is 4.92 Å². The summed E-state index contributed by atoms with van der Waals surface area (Å²) >= 11 is 0. The van der Waals surface area contributed by atoms with E-state index in [1.165, 1.54) is 12.1 Å². The minimum absolute atomic E-state index is 0.134. The molecule has 0 bridgehead atoms. The van der Waals surface area contributed by atoms with Gasteiger partial charge in [-0.05, 0) is 24.8 Å². The number of ketones is 1. The number of Topliss-reactive ketones (excluding diaryl/α,β-unsaturated/α-hetero) is 1. The van der Waals surface area contributed by atoms with Crippen LogP contribution in [-0.4, -0.2) is 21.8 Å². The van der Waals surface area contributed by atoms with E-state index in [-0.39, 0.29) is 17.2 Å². The molecule has 0 spiro atoms. The van der Waals surface area contributed by atoms with E-state index in [9.17, 15) is 19.7 Å². The molecule has 0 amide bonds. The third kappa shape index (κ3) is 2.62. The van der Waals surface area contributed by atoms with E-state index >= 15 is 0 Å². The molecule has 6 heteroatoms. The van der Waals surface area contributed by atoms with E-state index in [1.807, 2.05) is 0 Å². The molecule has 1 saturated carbocycles. The molecule has 0 saturated heterocycles. The lowest BCUT2D eigenvalue weighted by Crippen LogP contribution is -2.13. The van der Waals surface area contributed by atoms with Crippen molar-refractivity contribution in [2.45, 2.75) is 31.6 Å². The number of nitro groups is 1. The van der Waals surface area contributed by atoms with Gasteiger partial charge in [-0.25, -0.2) is 4.79 Å². The van der Waals surface area contributed by atoms with Crippen LogP contribution in [0.4, 0.5) is 5.69 Å². The minimum atomic E-state index is -1.61. The number of carboxylic acids is 1. The summed E-state index contributed by atoms with van der Waals surface area (Å²) in [6.07, 6.45) is 3.87. The molecule has 0 aliphatic heterocycles. The zero-order valence-electron chi connectivity index (χ0n) is 10.2. The fourth-order valence-corrected chi connectivity index (χ4v) is 2.55. The molecule has 2 rings (SSSR count). The van der Waals surface area contributed by atoms with E-state index in [2.05, 4.69) is 0 Å². The van der Waals surface area contributed by atoms with Gasteiger partial charge in [0.2, 0.25) is 0 Å². The third-order valence-electron chi connectivity index (χ3n) is 3.48. The average molecular weight is 263 g/mol. The van der Waals surface area contributed by atoms with Gasteiger partial charge < -0.3 is 5.11 Å². The van der Waals surface area contributed by atoms with Crippen molar-refractivity contribution in [2.75, 3.05) is 0 Å². The van der Waals surface area contributed by atoms with E-state index in [4.69, 9.17) is 5.11 Å². The predicted molar refractivity (Wildman–Crippen MR) is 66.3 cm³/mol. The van der Waals surface area contributed by atoms with Crippen molar-refractivity contribution < 1.29 is 19.6 Å². The normalized spacial score (nSPS) is 15.4. The fourth-order valence-electron chi connectivity index (χ4n) is 2.55. The molecule has 0 unspecified atom stereocenters. The molecule has 1 aliphatic carbocycles. The smallest absolute Gasteiger partial charge is 0.377 e. The first-order valence-electron chi connectivity index (χ1n) is 6.06. The molecule has 1 N–H and O–H groups in total. The van der Waals surface area contributed by atoms with Crippen LogP contribution in [0.3, 0.4) is 0 Å². The summed E-state index contributed by atoms with van der Waals surface area (Å²) in [5.74, 6) is -2.60. The predicted octanol–water partition coefficient (Wildman–Crippen LogP) is 2.52. The van der Waals surface area contributed by atoms with Crippen molar-refractivity contribution in [3.05, 3.63) is 39.4 Å². The molecular formula is C13H13NO5. The summed E-state index contributed by atoms with van der Waals surface area (Å²) in [6.45, 7) is 0. The Labute approximate surface area is 109 Å². The molecule has 1 fully saturated rings. The first kappa shape index (κ1) is 13.2. The SMILES string of the molecule is O=C(O)C(=O)c1ccc(C2CCCC2)c([N+](=O)[O-])c1. The van der Waals surface area contributed by atoms with Gasteiger partial charge in [0, 0.05) is 17.2 Å². The average Bonchev–Trinajstić information content (AvgIpc) is 2.90. The molecule has 0 atom stereocenters. The van der Waals surface area contributed by atoms with Crippen LogP contribution in [0.25, 0.3) is 0 Å². The van der Waals surface area contributed by atoms with Crippen LogP contribution in [0.5, 0.6) is 0 Å². The van der Waals surface area contributed by atoms with Gasteiger partial charge in [-0.15, -0.1) is 0 Å². The second-order valence-corrected chi connectivity index (χ2v) is 4.65. The van der Waals surface area contributed by atoms with Gasteiger partial charge in [-0.2, -0.15) is 0 Å². The van der Waals surface area contributed by atoms with Crippen LogP contribution in [0, 0.1) is 10.1 Å². The first-order valence-corrected chi connectivity index (χ1v) is 6.06. The van der Waals surface area contributed by atoms with Crippen molar-refractivity contribution in [3.8, 4) is 0 Å². The second-order valence-electron chi connectivity index (χ2n) is 4.65. The lowest BCUT2D eigenvalue weighted by atomic mass is 9.94. The summed E-state index contributed by atoms with van der Waals surface area (Å²) in [4.78, 5) is 32.5. The lowest BCUT2D eigenvalue weighted by molar-refractivity contribution is -0.385. The first-order chi connectivity index (χ1) is 9.00. The van der Waals surface area contributed by atoms with Crippen LogP contribution in [0.2, 0.25) is 0 Å². The van der Waals surface area contributed by atoms with Gasteiger partial charge >= 0.3 is 5.97 Å². The standard InChI is InChI=1S/C13H13NO5/c15-12(13(16)17)9-5-6-10(8-3-1-2-4-8)11(7-9)14(18)19/h5-8H,1-4H2,(H,16,17). The molecule has 0 heterocycles. The van der Waals surface area contributed by atoms with Crippen molar-refractivity contribution >= 4 is 17.4 Å². The maximum Gasteiger partial charge on any atom is 0.377 e. The Morgan fingerprint density at radius 2 is 1.89 bits per heavy atom. The van der Waals surface area contributed by atoms with Gasteiger partial charge in [-0.3, -0.25) is 14.9 Å². The van der Waals surface area contributed by atoms with Crippen LogP contribution in [0.15, 0.2) is 18.2 Å². The highest BCUT2D eigenvalue weighted by Crippen LogP contribution is 2.38. The molecule has 1 aromatic rings. The topological polar surface area (TPSA) is 97.5 Å². The van der Waals surface area contributed by atoms with Gasteiger partial charge in [0.25, 0.3) is 11.5 Å². The Bertz CT molecular complexity index is 546. The number of nitrogens with zero attached hydrogens (tertiary/aromatic N) is 1. The van der Waals surface area contributed by atoms with Crippen molar-refractivity contribution in [1.82, 2.24) is 0 Å². The van der Waals surface area contributed by atoms with Crippen LogP contribution in [0.1, 0.15) is 47.5 Å². The van der Waals surface area contributed by atoms with Gasteiger partial charge in [0.15, 0.2) is 0 Å². The zero-order valence-corrected chi connectivity index (χ0v) is 10.2. The number of carbonyl (C=O) groups excluding carboxylic acids is 1. The monoisotopic (exact) mass is 263 g/mol. The number of rotatable bonds is 4. The maximum atomic E-state index is 11.3. The summed E-state index contributed by atoms with van der Waals surface area (Å²) < 4.78 is 0. The maximum absolute atomic E-state index is 11.3. The Kier molecular flexibility index (Phi) is 3.59. The molecule has 0 aromatic heterocycles. The summed E-state index contributed by atoms with van der Waals surface area (Å²) in [5.41, 5.74) is 0.296. The number of benzene rings is 1. The highest BCUT2D eigenvalue weighted by Gasteiger charge is 2.27. The highest BCUT2D eigenvalue weighted by atomic mass is 16.6. The summed E-state index contributed by atoms with van der Waals surface area (Å²) in [7, 11) is 0. The molecule has 6 nitrogen and oxygen atoms in total. The van der Waals surface area contributed by atoms with E-state index in [1.54, 1.807) is 0 Å². The van der Waals surface area contributed by atoms with E-state index in [0.717, 1.165) is 31.7 Å². The zero-order chi connectivity index (χ0) is 14.0. The summed E-state index contributed by atoms with van der Waals surface area (Å²) in [6, 6.07) is 3.95. The quantitative estimate of drug-likeness (QED) is 0.389. The fraction of sp³-hybridized carbons (Fsp3) is 0.385. The molecule has 19 heavy (non-hydrogen) atoms. The van der Waals surface area contributed by atoms with Crippen molar-refractivity contribution in [1.29, 1.82) is 0 Å². The third-order valence-corrected chi connectivity index (χ3v) is 3.48. The molecule has 1 aromatic carbocycles.